The molecule has 0 aromatic heterocycles. The van der Waals surface area contributed by atoms with Crippen molar-refractivity contribution in [2.24, 2.45) is 0 Å². The highest BCUT2D eigenvalue weighted by Gasteiger charge is 2.19. The van der Waals surface area contributed by atoms with E-state index in [2.05, 4.69) is 0 Å². The quantitative estimate of drug-likeness (QED) is 0.777. The molecular weight excluding hydrogens is 318 g/mol. The van der Waals surface area contributed by atoms with E-state index in [-0.39, 0.29) is 30.2 Å². The van der Waals surface area contributed by atoms with E-state index < -0.39 is 21.1 Å². The van der Waals surface area contributed by atoms with Crippen LogP contribution < -0.4 is 0 Å². The van der Waals surface area contributed by atoms with Crippen LogP contribution in [-0.4, -0.2) is 48.6 Å². The van der Waals surface area contributed by atoms with E-state index in [1.165, 1.54) is 17.0 Å². The van der Waals surface area contributed by atoms with E-state index in [9.17, 15) is 18.0 Å². The SMILES string of the molecule is CCN(CCC(=O)O)C(=O)Cc1ccc(S(=O)(=O)C(C)C)cc1. The van der Waals surface area contributed by atoms with Crippen molar-refractivity contribution >= 4 is 21.7 Å². The molecule has 6 nitrogen and oxygen atoms in total. The van der Waals surface area contributed by atoms with E-state index >= 15 is 0 Å². The number of carboxylic acids is 1. The lowest BCUT2D eigenvalue weighted by atomic mass is 10.1. The molecule has 1 N–H and O–H groups in total. The lowest BCUT2D eigenvalue weighted by Crippen LogP contribution is -2.34. The van der Waals surface area contributed by atoms with Gasteiger partial charge >= 0.3 is 5.97 Å². The molecule has 1 aromatic carbocycles. The first kappa shape index (κ1) is 19.2. The lowest BCUT2D eigenvalue weighted by molar-refractivity contribution is -0.138. The molecule has 1 amide bonds. The summed E-state index contributed by atoms with van der Waals surface area (Å²) in [6, 6.07) is 6.26. The topological polar surface area (TPSA) is 91.8 Å². The standard InChI is InChI=1S/C16H23NO5S/c1-4-17(10-9-16(19)20)15(18)11-13-5-7-14(8-6-13)23(21,22)12(2)3/h5-8,12H,4,9-11H2,1-3H3,(H,19,20). The predicted molar refractivity (Wildman–Crippen MR) is 87.0 cm³/mol. The van der Waals surface area contributed by atoms with Crippen LogP contribution in [0.5, 0.6) is 0 Å². The van der Waals surface area contributed by atoms with Gasteiger partial charge in [-0.25, -0.2) is 8.42 Å². The Bertz CT molecular complexity index is 650. The zero-order valence-electron chi connectivity index (χ0n) is 13.7. The summed E-state index contributed by atoms with van der Waals surface area (Å²) in [6.45, 7) is 5.64. The second kappa shape index (κ2) is 8.10. The van der Waals surface area contributed by atoms with E-state index in [0.29, 0.717) is 12.1 Å². The minimum Gasteiger partial charge on any atom is -0.481 e. The van der Waals surface area contributed by atoms with Crippen molar-refractivity contribution in [2.45, 2.75) is 43.8 Å². The molecule has 7 heteroatoms. The summed E-state index contributed by atoms with van der Waals surface area (Å²) in [5, 5.41) is 8.19. The van der Waals surface area contributed by atoms with Crippen molar-refractivity contribution in [3.63, 3.8) is 0 Å². The molecule has 128 valence electrons. The van der Waals surface area contributed by atoms with Crippen LogP contribution in [0.4, 0.5) is 0 Å². The van der Waals surface area contributed by atoms with Gasteiger partial charge in [-0.3, -0.25) is 9.59 Å². The van der Waals surface area contributed by atoms with E-state index in [1.807, 2.05) is 0 Å². The molecule has 1 rings (SSSR count). The molecule has 0 aliphatic carbocycles. The van der Waals surface area contributed by atoms with Gasteiger partial charge < -0.3 is 10.0 Å². The van der Waals surface area contributed by atoms with Crippen LogP contribution in [0, 0.1) is 0 Å². The van der Waals surface area contributed by atoms with E-state index in [4.69, 9.17) is 5.11 Å². The maximum Gasteiger partial charge on any atom is 0.305 e. The molecular formula is C16H23NO5S. The molecule has 23 heavy (non-hydrogen) atoms. The van der Waals surface area contributed by atoms with Crippen LogP contribution in [0.1, 0.15) is 32.8 Å². The molecule has 0 unspecified atom stereocenters. The van der Waals surface area contributed by atoms with Crippen molar-refractivity contribution in [2.75, 3.05) is 13.1 Å². The second-order valence-corrected chi connectivity index (χ2v) is 8.04. The normalized spacial score (nSPS) is 11.5. The first-order chi connectivity index (χ1) is 10.7. The van der Waals surface area contributed by atoms with Crippen LogP contribution in [-0.2, 0) is 25.8 Å². The van der Waals surface area contributed by atoms with E-state index in [0.717, 1.165) is 0 Å². The first-order valence-electron chi connectivity index (χ1n) is 7.50. The number of rotatable bonds is 8. The molecule has 0 radical (unpaired) electrons. The van der Waals surface area contributed by atoms with Crippen molar-refractivity contribution in [1.29, 1.82) is 0 Å². The van der Waals surface area contributed by atoms with Gasteiger partial charge in [0.05, 0.1) is 23.0 Å². The van der Waals surface area contributed by atoms with Gasteiger partial charge in [0.15, 0.2) is 9.84 Å². The summed E-state index contributed by atoms with van der Waals surface area (Å²) in [5.74, 6) is -1.12. The van der Waals surface area contributed by atoms with Crippen molar-refractivity contribution < 1.29 is 23.1 Å². The number of hydrogen-bond donors (Lipinski definition) is 1. The molecule has 0 spiro atoms. The number of sulfone groups is 1. The number of carbonyl (C=O) groups is 2. The number of benzene rings is 1. The zero-order chi connectivity index (χ0) is 17.6. The number of amides is 1. The Kier molecular flexibility index (Phi) is 6.75. The number of nitrogens with zero attached hydrogens (tertiary/aromatic N) is 1. The smallest absolute Gasteiger partial charge is 0.305 e. The summed E-state index contributed by atoms with van der Waals surface area (Å²) in [7, 11) is -3.32. The van der Waals surface area contributed by atoms with Crippen molar-refractivity contribution in [3.8, 4) is 0 Å². The van der Waals surface area contributed by atoms with E-state index in [1.54, 1.807) is 32.9 Å². The van der Waals surface area contributed by atoms with Crippen LogP contribution in [0.3, 0.4) is 0 Å². The summed E-state index contributed by atoms with van der Waals surface area (Å²) in [4.78, 5) is 24.5. The molecule has 0 aliphatic rings. The fourth-order valence-electron chi connectivity index (χ4n) is 2.05. The Labute approximate surface area is 137 Å². The molecule has 0 saturated heterocycles. The van der Waals surface area contributed by atoms with Gasteiger partial charge in [0, 0.05) is 13.1 Å². The second-order valence-electron chi connectivity index (χ2n) is 5.53. The highest BCUT2D eigenvalue weighted by Crippen LogP contribution is 2.17. The van der Waals surface area contributed by atoms with Gasteiger partial charge in [0.1, 0.15) is 0 Å². The van der Waals surface area contributed by atoms with Gasteiger partial charge in [-0.05, 0) is 38.5 Å². The Morgan fingerprint density at radius 3 is 2.17 bits per heavy atom. The lowest BCUT2D eigenvalue weighted by Gasteiger charge is -2.20. The zero-order valence-corrected chi connectivity index (χ0v) is 14.5. The molecule has 0 fully saturated rings. The number of hydrogen-bond acceptors (Lipinski definition) is 4. The van der Waals surface area contributed by atoms with Gasteiger partial charge in [0.2, 0.25) is 5.91 Å². The average Bonchev–Trinajstić information content (AvgIpc) is 2.48. The Morgan fingerprint density at radius 2 is 1.74 bits per heavy atom. The highest BCUT2D eigenvalue weighted by atomic mass is 32.2. The Hall–Kier alpha value is -1.89. The largest absolute Gasteiger partial charge is 0.481 e. The van der Waals surface area contributed by atoms with Crippen LogP contribution in [0.25, 0.3) is 0 Å². The van der Waals surface area contributed by atoms with Crippen LogP contribution in [0.15, 0.2) is 29.2 Å². The number of carboxylic acid groups (broad SMARTS) is 1. The van der Waals surface area contributed by atoms with Gasteiger partial charge in [-0.15, -0.1) is 0 Å². The summed E-state index contributed by atoms with van der Waals surface area (Å²) >= 11 is 0. The maximum atomic E-state index is 12.2. The Balaban J connectivity index is 2.78. The summed E-state index contributed by atoms with van der Waals surface area (Å²) in [5.41, 5.74) is 0.700. The fraction of sp³-hybridized carbons (Fsp3) is 0.500. The monoisotopic (exact) mass is 341 g/mol. The number of likely N-dealkylation sites (N-methyl/N-ethyl adjacent to an activating group) is 1. The van der Waals surface area contributed by atoms with Gasteiger partial charge in [0.25, 0.3) is 0 Å². The van der Waals surface area contributed by atoms with Crippen LogP contribution >= 0.6 is 0 Å². The molecule has 0 atom stereocenters. The van der Waals surface area contributed by atoms with Gasteiger partial charge in [-0.1, -0.05) is 12.1 Å². The third kappa shape index (κ3) is 5.35. The number of aliphatic carboxylic acids is 1. The number of carbonyl (C=O) groups excluding carboxylic acids is 1. The minimum atomic E-state index is -3.32. The Morgan fingerprint density at radius 1 is 1.17 bits per heavy atom. The first-order valence-corrected chi connectivity index (χ1v) is 9.05. The summed E-state index contributed by atoms with van der Waals surface area (Å²) < 4.78 is 24.1. The predicted octanol–water partition coefficient (Wildman–Crippen LogP) is 1.73. The van der Waals surface area contributed by atoms with Gasteiger partial charge in [-0.2, -0.15) is 0 Å². The van der Waals surface area contributed by atoms with Crippen LogP contribution in [0.2, 0.25) is 0 Å². The molecule has 0 aliphatic heterocycles. The maximum absolute atomic E-state index is 12.2. The highest BCUT2D eigenvalue weighted by molar-refractivity contribution is 7.92. The van der Waals surface area contributed by atoms with Crippen molar-refractivity contribution in [1.82, 2.24) is 4.90 Å². The fourth-order valence-corrected chi connectivity index (χ4v) is 3.11. The molecule has 1 aromatic rings. The average molecular weight is 341 g/mol. The van der Waals surface area contributed by atoms with Crippen molar-refractivity contribution in [3.05, 3.63) is 29.8 Å². The molecule has 0 heterocycles. The molecule has 0 bridgehead atoms. The molecule has 0 saturated carbocycles. The third-order valence-electron chi connectivity index (χ3n) is 3.56. The summed E-state index contributed by atoms with van der Waals surface area (Å²) in [6.07, 6.45) is 0.0284. The minimum absolute atomic E-state index is 0.0921. The third-order valence-corrected chi connectivity index (χ3v) is 5.73.